The van der Waals surface area contributed by atoms with Gasteiger partial charge in [0.1, 0.15) is 0 Å². The Morgan fingerprint density at radius 2 is 2.00 bits per heavy atom. The van der Waals surface area contributed by atoms with Crippen molar-refractivity contribution >= 4 is 18.3 Å². The van der Waals surface area contributed by atoms with Crippen molar-refractivity contribution < 1.29 is 9.90 Å². The van der Waals surface area contributed by atoms with Crippen LogP contribution < -0.4 is 10.9 Å². The van der Waals surface area contributed by atoms with Crippen LogP contribution in [0.25, 0.3) is 0 Å². The van der Waals surface area contributed by atoms with E-state index in [4.69, 9.17) is 5.41 Å². The summed E-state index contributed by atoms with van der Waals surface area (Å²) in [6.45, 7) is 17.5. The SMILES string of the molecule is C=N/C(=C\N(C)C(C(C)=N)C(C)(C)C)C1CC1.CCC(O)CC(C)C(=O)NC(C)c1cc[nH]c(=O)c1. The van der Waals surface area contributed by atoms with Crippen LogP contribution >= 0.6 is 0 Å². The van der Waals surface area contributed by atoms with Gasteiger partial charge in [-0.25, -0.2) is 0 Å². The minimum atomic E-state index is -0.448. The van der Waals surface area contributed by atoms with E-state index >= 15 is 0 Å². The molecule has 0 spiro atoms. The first-order valence-electron chi connectivity index (χ1n) is 12.8. The Morgan fingerprint density at radius 1 is 1.39 bits per heavy atom. The molecule has 0 aliphatic heterocycles. The molecule has 1 heterocycles. The number of hydrogen-bond acceptors (Lipinski definition) is 6. The number of nitrogens with zero attached hydrogens (tertiary/aromatic N) is 2. The summed E-state index contributed by atoms with van der Waals surface area (Å²) in [5.74, 6) is 0.237. The lowest BCUT2D eigenvalue weighted by molar-refractivity contribution is -0.126. The third-order valence-corrected chi connectivity index (χ3v) is 6.35. The third-order valence-electron chi connectivity index (χ3n) is 6.35. The summed E-state index contributed by atoms with van der Waals surface area (Å²) in [6.07, 6.45) is 6.72. The van der Waals surface area contributed by atoms with Gasteiger partial charge in [0, 0.05) is 43.1 Å². The molecule has 2 rings (SSSR count). The van der Waals surface area contributed by atoms with Crippen LogP contribution in [0, 0.1) is 22.7 Å². The molecule has 0 aromatic carbocycles. The van der Waals surface area contributed by atoms with Crippen LogP contribution in [0.15, 0.2) is 40.0 Å². The van der Waals surface area contributed by atoms with E-state index in [1.54, 1.807) is 19.2 Å². The van der Waals surface area contributed by atoms with Gasteiger partial charge in [-0.15, -0.1) is 0 Å². The number of aromatic nitrogens is 1. The fourth-order valence-corrected chi connectivity index (χ4v) is 4.35. The number of rotatable bonds is 11. The molecule has 1 saturated carbocycles. The first kappa shape index (κ1) is 31.3. The Hall–Kier alpha value is -2.74. The van der Waals surface area contributed by atoms with Crippen molar-refractivity contribution in [1.29, 1.82) is 5.41 Å². The quantitative estimate of drug-likeness (QED) is 0.329. The predicted molar refractivity (Wildman–Crippen MR) is 148 cm³/mol. The van der Waals surface area contributed by atoms with E-state index in [-0.39, 0.29) is 34.9 Å². The highest BCUT2D eigenvalue weighted by Gasteiger charge is 2.31. The third kappa shape index (κ3) is 10.5. The van der Waals surface area contributed by atoms with Crippen molar-refractivity contribution in [3.8, 4) is 0 Å². The van der Waals surface area contributed by atoms with Gasteiger partial charge in [-0.2, -0.15) is 0 Å². The molecule has 1 aliphatic carbocycles. The van der Waals surface area contributed by atoms with Crippen LogP contribution in [0.4, 0.5) is 0 Å². The van der Waals surface area contributed by atoms with Gasteiger partial charge >= 0.3 is 0 Å². The van der Waals surface area contributed by atoms with Crippen molar-refractivity contribution in [2.75, 3.05) is 7.05 Å². The number of aromatic amines is 1. The van der Waals surface area contributed by atoms with Gasteiger partial charge in [0.05, 0.1) is 23.9 Å². The monoisotopic (exact) mass is 501 g/mol. The van der Waals surface area contributed by atoms with Gasteiger partial charge in [-0.1, -0.05) is 34.6 Å². The molecule has 1 aromatic rings. The molecule has 0 saturated heterocycles. The minimum absolute atomic E-state index is 0.0485. The number of carbonyl (C=O) groups is 1. The molecule has 202 valence electrons. The molecule has 4 unspecified atom stereocenters. The largest absolute Gasteiger partial charge is 0.393 e. The number of pyridine rings is 1. The maximum absolute atomic E-state index is 12.0. The Kier molecular flexibility index (Phi) is 12.3. The molecule has 1 fully saturated rings. The predicted octanol–water partition coefficient (Wildman–Crippen LogP) is 4.67. The minimum Gasteiger partial charge on any atom is -0.393 e. The lowest BCUT2D eigenvalue weighted by Crippen LogP contribution is -2.44. The smallest absolute Gasteiger partial charge is 0.248 e. The molecule has 4 atom stereocenters. The Balaban J connectivity index is 0.000000362. The number of aliphatic imine (C=N–C) groups is 1. The Labute approximate surface area is 216 Å². The molecule has 1 amide bonds. The molecule has 0 radical (unpaired) electrons. The molecule has 4 N–H and O–H groups in total. The maximum atomic E-state index is 12.0. The van der Waals surface area contributed by atoms with E-state index < -0.39 is 6.10 Å². The molecular weight excluding hydrogens is 454 g/mol. The highest BCUT2D eigenvalue weighted by atomic mass is 16.3. The highest BCUT2D eigenvalue weighted by molar-refractivity contribution is 5.85. The van der Waals surface area contributed by atoms with Crippen molar-refractivity contribution in [2.45, 2.75) is 92.3 Å². The fourth-order valence-electron chi connectivity index (χ4n) is 4.35. The molecule has 36 heavy (non-hydrogen) atoms. The van der Waals surface area contributed by atoms with Crippen LogP contribution in [-0.4, -0.2) is 52.5 Å². The van der Waals surface area contributed by atoms with Crippen molar-refractivity contribution in [3.05, 3.63) is 46.1 Å². The second-order valence-electron chi connectivity index (χ2n) is 11.0. The van der Waals surface area contributed by atoms with Crippen LogP contribution in [0.5, 0.6) is 0 Å². The van der Waals surface area contributed by atoms with Gasteiger partial charge in [0.15, 0.2) is 0 Å². The van der Waals surface area contributed by atoms with Gasteiger partial charge < -0.3 is 25.7 Å². The van der Waals surface area contributed by atoms with E-state index in [0.717, 1.165) is 11.3 Å². The highest BCUT2D eigenvalue weighted by Crippen LogP contribution is 2.37. The Morgan fingerprint density at radius 3 is 2.44 bits per heavy atom. The zero-order valence-corrected chi connectivity index (χ0v) is 23.4. The lowest BCUT2D eigenvalue weighted by atomic mass is 9.83. The topological polar surface area (TPSA) is 122 Å². The van der Waals surface area contributed by atoms with E-state index in [0.29, 0.717) is 24.5 Å². The van der Waals surface area contributed by atoms with Crippen LogP contribution in [0.2, 0.25) is 0 Å². The number of nitrogens with one attached hydrogen (secondary N) is 3. The fraction of sp³-hybridized carbons (Fsp3) is 0.643. The molecule has 1 aliphatic rings. The van der Waals surface area contributed by atoms with E-state index in [1.165, 1.54) is 18.9 Å². The zero-order chi connectivity index (χ0) is 27.6. The number of H-pyrrole nitrogens is 1. The number of hydrogen-bond donors (Lipinski definition) is 4. The summed E-state index contributed by atoms with van der Waals surface area (Å²) in [4.78, 5) is 31.9. The summed E-state index contributed by atoms with van der Waals surface area (Å²) >= 11 is 0. The van der Waals surface area contributed by atoms with Gasteiger partial charge in [0.2, 0.25) is 11.5 Å². The van der Waals surface area contributed by atoms with Crippen LogP contribution in [-0.2, 0) is 4.79 Å². The van der Waals surface area contributed by atoms with Crippen LogP contribution in [0.3, 0.4) is 0 Å². The summed E-state index contributed by atoms with van der Waals surface area (Å²) in [5, 5.41) is 20.3. The second-order valence-corrected chi connectivity index (χ2v) is 11.0. The van der Waals surface area contributed by atoms with E-state index in [9.17, 15) is 14.7 Å². The van der Waals surface area contributed by atoms with Crippen molar-refractivity contribution in [2.24, 2.45) is 22.2 Å². The molecule has 8 heteroatoms. The van der Waals surface area contributed by atoms with Crippen molar-refractivity contribution in [1.82, 2.24) is 15.2 Å². The first-order chi connectivity index (χ1) is 16.7. The summed E-state index contributed by atoms with van der Waals surface area (Å²) < 4.78 is 0. The van der Waals surface area contributed by atoms with E-state index in [2.05, 4.69) is 53.9 Å². The summed E-state index contributed by atoms with van der Waals surface area (Å²) in [5.41, 5.74) is 2.39. The molecule has 1 aromatic heterocycles. The molecule has 0 bridgehead atoms. The normalized spacial score (nSPS) is 17.1. The van der Waals surface area contributed by atoms with E-state index in [1.807, 2.05) is 27.8 Å². The maximum Gasteiger partial charge on any atom is 0.248 e. The summed E-state index contributed by atoms with van der Waals surface area (Å²) in [6, 6.07) is 3.11. The second kappa shape index (κ2) is 14.1. The number of amides is 1. The number of carbonyl (C=O) groups excluding carboxylic acids is 1. The zero-order valence-electron chi connectivity index (χ0n) is 23.4. The Bertz CT molecular complexity index is 958. The van der Waals surface area contributed by atoms with Crippen molar-refractivity contribution in [3.63, 3.8) is 0 Å². The number of aliphatic hydroxyl groups excluding tert-OH is 1. The van der Waals surface area contributed by atoms with Gasteiger partial charge in [0.25, 0.3) is 0 Å². The van der Waals surface area contributed by atoms with Gasteiger partial charge in [-0.05, 0) is 63.3 Å². The molecule has 8 nitrogen and oxygen atoms in total. The van der Waals surface area contributed by atoms with Crippen LogP contribution in [0.1, 0.15) is 85.8 Å². The summed E-state index contributed by atoms with van der Waals surface area (Å²) in [7, 11) is 2.03. The lowest BCUT2D eigenvalue weighted by Gasteiger charge is -2.37. The average molecular weight is 502 g/mol. The average Bonchev–Trinajstić information content (AvgIpc) is 3.61. The standard InChI is InChI=1S/C14H25N3.C14H22N2O3/c1-10(15)13(14(2,3)4)17(6)9-12(16-5)11-7-8-11;1-4-12(17)7-9(2)14(19)16-10(3)11-5-6-15-13(18)8-11/h9,11,13,15H,5,7-8H2,1-4,6H3;5-6,8-10,12,17H,4,7H2,1-3H3,(H,15,18)(H,16,19)/b12-9-,15-10?;. The molecular formula is C28H47N5O3. The number of aliphatic hydroxyl groups is 1. The van der Waals surface area contributed by atoms with Gasteiger partial charge in [-0.3, -0.25) is 14.6 Å². The number of allylic oxidation sites excluding steroid dienone is 1. The first-order valence-corrected chi connectivity index (χ1v) is 12.8.